The topological polar surface area (TPSA) is 41.6 Å². The van der Waals surface area contributed by atoms with Crippen molar-refractivity contribution in [2.45, 2.75) is 50.5 Å². The number of hydrogen-bond acceptors (Lipinski definition) is 3. The zero-order chi connectivity index (χ0) is 23.3. The lowest BCUT2D eigenvalue weighted by Crippen LogP contribution is -2.39. The van der Waals surface area contributed by atoms with Gasteiger partial charge in [-0.3, -0.25) is 4.79 Å². The van der Waals surface area contributed by atoms with Gasteiger partial charge in [0.2, 0.25) is 0 Å². The Hall–Kier alpha value is -3.11. The average molecular weight is 455 g/mol. The highest BCUT2D eigenvalue weighted by Gasteiger charge is 2.29. The van der Waals surface area contributed by atoms with Gasteiger partial charge in [-0.25, -0.2) is 0 Å². The number of hydrogen-bond donors (Lipinski definition) is 1. The summed E-state index contributed by atoms with van der Waals surface area (Å²) in [5, 5.41) is 3.10. The van der Waals surface area contributed by atoms with Gasteiger partial charge in [0.05, 0.1) is 7.11 Å². The third-order valence-corrected chi connectivity index (χ3v) is 7.55. The van der Waals surface area contributed by atoms with Crippen molar-refractivity contribution in [1.29, 1.82) is 0 Å². The third-order valence-electron chi connectivity index (χ3n) is 7.55. The standard InChI is InChI=1S/C30H34N2O2/c1-34-29-16-15-26(21-28(29)24-17-19-32(20-18-24)27-9-5-6-10-27)31-30(33)25-13-11-23(12-14-25)22-7-3-2-4-8-22/h2-4,7-8,11-16,21,24,27H,5-6,9-10,17-20H2,1H3,(H,31,33). The smallest absolute Gasteiger partial charge is 0.255 e. The highest BCUT2D eigenvalue weighted by Crippen LogP contribution is 2.38. The van der Waals surface area contributed by atoms with Gasteiger partial charge >= 0.3 is 0 Å². The number of nitrogens with one attached hydrogen (secondary N) is 1. The molecule has 0 spiro atoms. The average Bonchev–Trinajstić information content (AvgIpc) is 3.44. The molecule has 0 radical (unpaired) electrons. The summed E-state index contributed by atoms with van der Waals surface area (Å²) >= 11 is 0. The van der Waals surface area contributed by atoms with E-state index in [9.17, 15) is 4.79 Å². The van der Waals surface area contributed by atoms with E-state index in [1.165, 1.54) is 31.2 Å². The lowest BCUT2D eigenvalue weighted by Gasteiger charge is -2.36. The Bertz CT molecular complexity index is 1100. The first-order chi connectivity index (χ1) is 16.7. The molecule has 2 aliphatic rings. The summed E-state index contributed by atoms with van der Waals surface area (Å²) < 4.78 is 5.70. The van der Waals surface area contributed by atoms with E-state index >= 15 is 0 Å². The number of methoxy groups -OCH3 is 1. The van der Waals surface area contributed by atoms with Crippen LogP contribution in [0, 0.1) is 0 Å². The number of benzene rings is 3. The maximum Gasteiger partial charge on any atom is 0.255 e. The van der Waals surface area contributed by atoms with Gasteiger partial charge in [0, 0.05) is 17.3 Å². The number of ether oxygens (including phenoxy) is 1. The maximum absolute atomic E-state index is 12.9. The molecule has 0 bridgehead atoms. The van der Waals surface area contributed by atoms with Crippen LogP contribution in [0.4, 0.5) is 5.69 Å². The number of carbonyl (C=O) groups excluding carboxylic acids is 1. The molecule has 3 aromatic rings. The van der Waals surface area contributed by atoms with Crippen molar-refractivity contribution in [2.24, 2.45) is 0 Å². The molecule has 1 heterocycles. The molecule has 1 saturated carbocycles. The first-order valence-corrected chi connectivity index (χ1v) is 12.6. The van der Waals surface area contributed by atoms with E-state index in [2.05, 4.69) is 28.4 Å². The van der Waals surface area contributed by atoms with Gasteiger partial charge < -0.3 is 15.0 Å². The Morgan fingerprint density at radius 3 is 2.21 bits per heavy atom. The molecule has 1 saturated heterocycles. The first kappa shape index (κ1) is 22.7. The SMILES string of the molecule is COc1ccc(NC(=O)c2ccc(-c3ccccc3)cc2)cc1C1CCN(C2CCCC2)CC1. The van der Waals surface area contributed by atoms with Crippen molar-refractivity contribution in [1.82, 2.24) is 4.90 Å². The van der Waals surface area contributed by atoms with Crippen LogP contribution in [-0.2, 0) is 0 Å². The summed E-state index contributed by atoms with van der Waals surface area (Å²) in [5.41, 5.74) is 4.94. The fourth-order valence-electron chi connectivity index (χ4n) is 5.62. The molecule has 1 amide bonds. The largest absolute Gasteiger partial charge is 0.496 e. The van der Waals surface area contributed by atoms with Gasteiger partial charge in [0.15, 0.2) is 0 Å². The Labute approximate surface area is 202 Å². The molecular weight excluding hydrogens is 420 g/mol. The number of likely N-dealkylation sites (tertiary alicyclic amines) is 1. The summed E-state index contributed by atoms with van der Waals surface area (Å²) in [6.45, 7) is 2.31. The summed E-state index contributed by atoms with van der Waals surface area (Å²) in [4.78, 5) is 15.6. The molecule has 3 aromatic carbocycles. The van der Waals surface area contributed by atoms with Crippen LogP contribution in [0.1, 0.15) is 60.4 Å². The van der Waals surface area contributed by atoms with Crippen LogP contribution < -0.4 is 10.1 Å². The molecule has 5 rings (SSSR count). The van der Waals surface area contributed by atoms with E-state index in [0.717, 1.165) is 54.5 Å². The zero-order valence-corrected chi connectivity index (χ0v) is 20.0. The molecule has 4 heteroatoms. The molecule has 0 aromatic heterocycles. The second-order valence-electron chi connectivity index (χ2n) is 9.60. The molecule has 1 N–H and O–H groups in total. The van der Waals surface area contributed by atoms with Crippen molar-refractivity contribution in [3.63, 3.8) is 0 Å². The fraction of sp³-hybridized carbons (Fsp3) is 0.367. The van der Waals surface area contributed by atoms with Crippen molar-refractivity contribution in [2.75, 3.05) is 25.5 Å². The van der Waals surface area contributed by atoms with E-state index in [1.54, 1.807) is 7.11 Å². The van der Waals surface area contributed by atoms with Gasteiger partial charge in [0.25, 0.3) is 5.91 Å². The predicted molar refractivity (Wildman–Crippen MR) is 139 cm³/mol. The molecule has 176 valence electrons. The molecule has 4 nitrogen and oxygen atoms in total. The molecule has 1 aliphatic carbocycles. The van der Waals surface area contributed by atoms with Crippen LogP contribution in [-0.4, -0.2) is 37.0 Å². The van der Waals surface area contributed by atoms with Crippen LogP contribution in [0.15, 0.2) is 72.8 Å². The fourth-order valence-corrected chi connectivity index (χ4v) is 5.62. The minimum absolute atomic E-state index is 0.0909. The molecular formula is C30H34N2O2. The second kappa shape index (κ2) is 10.4. The van der Waals surface area contributed by atoms with E-state index in [1.807, 2.05) is 54.6 Å². The van der Waals surface area contributed by atoms with Crippen molar-refractivity contribution >= 4 is 11.6 Å². The minimum Gasteiger partial charge on any atom is -0.496 e. The van der Waals surface area contributed by atoms with E-state index in [4.69, 9.17) is 4.74 Å². The minimum atomic E-state index is -0.0909. The van der Waals surface area contributed by atoms with Crippen LogP contribution in [0.25, 0.3) is 11.1 Å². The molecule has 2 fully saturated rings. The summed E-state index contributed by atoms with van der Waals surface area (Å²) in [6, 6.07) is 24.8. The van der Waals surface area contributed by atoms with Gasteiger partial charge in [-0.2, -0.15) is 0 Å². The number of rotatable bonds is 6. The summed E-state index contributed by atoms with van der Waals surface area (Å²) in [7, 11) is 1.74. The molecule has 1 aliphatic heterocycles. The van der Waals surface area contributed by atoms with Gasteiger partial charge in [-0.15, -0.1) is 0 Å². The lowest BCUT2D eigenvalue weighted by atomic mass is 9.87. The third kappa shape index (κ3) is 5.02. The monoisotopic (exact) mass is 454 g/mol. The van der Waals surface area contributed by atoms with Crippen LogP contribution in [0.3, 0.4) is 0 Å². The number of nitrogens with zero attached hydrogens (tertiary/aromatic N) is 1. The quantitative estimate of drug-likeness (QED) is 0.449. The van der Waals surface area contributed by atoms with Crippen LogP contribution in [0.2, 0.25) is 0 Å². The predicted octanol–water partition coefficient (Wildman–Crippen LogP) is 6.74. The number of anilines is 1. The van der Waals surface area contributed by atoms with Crippen molar-refractivity contribution in [3.05, 3.63) is 83.9 Å². The Morgan fingerprint density at radius 1 is 0.853 bits per heavy atom. The number of carbonyl (C=O) groups is 1. The van der Waals surface area contributed by atoms with E-state index in [-0.39, 0.29) is 5.91 Å². The maximum atomic E-state index is 12.9. The Morgan fingerprint density at radius 2 is 1.53 bits per heavy atom. The summed E-state index contributed by atoms with van der Waals surface area (Å²) in [5.74, 6) is 1.30. The highest BCUT2D eigenvalue weighted by atomic mass is 16.5. The first-order valence-electron chi connectivity index (χ1n) is 12.6. The van der Waals surface area contributed by atoms with Crippen molar-refractivity contribution < 1.29 is 9.53 Å². The van der Waals surface area contributed by atoms with Crippen LogP contribution >= 0.6 is 0 Å². The Balaban J connectivity index is 1.26. The van der Waals surface area contributed by atoms with Crippen molar-refractivity contribution in [3.8, 4) is 16.9 Å². The molecule has 34 heavy (non-hydrogen) atoms. The van der Waals surface area contributed by atoms with Gasteiger partial charge in [0.1, 0.15) is 5.75 Å². The Kier molecular flexibility index (Phi) is 6.96. The number of piperidine rings is 1. The van der Waals surface area contributed by atoms with Gasteiger partial charge in [-0.05, 0) is 91.7 Å². The van der Waals surface area contributed by atoms with E-state index in [0.29, 0.717) is 11.5 Å². The summed E-state index contributed by atoms with van der Waals surface area (Å²) in [6.07, 6.45) is 7.78. The van der Waals surface area contributed by atoms with Crippen LogP contribution in [0.5, 0.6) is 5.75 Å². The zero-order valence-electron chi connectivity index (χ0n) is 20.0. The highest BCUT2D eigenvalue weighted by molar-refractivity contribution is 6.04. The second-order valence-corrected chi connectivity index (χ2v) is 9.60. The van der Waals surface area contributed by atoms with Gasteiger partial charge in [-0.1, -0.05) is 55.3 Å². The number of amides is 1. The lowest BCUT2D eigenvalue weighted by molar-refractivity contribution is 0.102. The van der Waals surface area contributed by atoms with E-state index < -0.39 is 0 Å². The molecule has 0 unspecified atom stereocenters. The normalized spacial score (nSPS) is 17.6. The molecule has 0 atom stereocenters.